The predicted octanol–water partition coefficient (Wildman–Crippen LogP) is 4.45. The number of rotatable bonds is 7. The second-order valence-electron chi connectivity index (χ2n) is 6.19. The third-order valence-electron chi connectivity index (χ3n) is 4.24. The summed E-state index contributed by atoms with van der Waals surface area (Å²) in [6.45, 7) is 4.53. The fourth-order valence-electron chi connectivity index (χ4n) is 3.02. The number of methoxy groups -OCH3 is 1. The molecule has 0 bridgehead atoms. The number of amides is 1. The van der Waals surface area contributed by atoms with Crippen molar-refractivity contribution in [1.82, 2.24) is 4.98 Å². The summed E-state index contributed by atoms with van der Waals surface area (Å²) in [5.74, 6) is 1.40. The minimum Gasteiger partial charge on any atom is -0.493 e. The second-order valence-corrected chi connectivity index (χ2v) is 6.19. The van der Waals surface area contributed by atoms with Gasteiger partial charge < -0.3 is 19.8 Å². The summed E-state index contributed by atoms with van der Waals surface area (Å²) in [6.07, 6.45) is 1.04. The largest absolute Gasteiger partial charge is 0.493 e. The Kier molecular flexibility index (Phi) is 5.46. The van der Waals surface area contributed by atoms with Crippen LogP contribution in [0.3, 0.4) is 0 Å². The van der Waals surface area contributed by atoms with Gasteiger partial charge in [0.25, 0.3) is 0 Å². The molecule has 0 aliphatic rings. The minimum atomic E-state index is -0.01000. The van der Waals surface area contributed by atoms with Crippen LogP contribution >= 0.6 is 0 Å². The van der Waals surface area contributed by atoms with Gasteiger partial charge in [0.1, 0.15) is 0 Å². The fraction of sp³-hybridized carbons (Fsp3) is 0.286. The molecular weight excluding hydrogens is 328 g/mol. The summed E-state index contributed by atoms with van der Waals surface area (Å²) in [5, 5.41) is 4.04. The molecule has 5 heteroatoms. The van der Waals surface area contributed by atoms with Gasteiger partial charge in [-0.2, -0.15) is 0 Å². The van der Waals surface area contributed by atoms with Crippen LogP contribution in [0.2, 0.25) is 0 Å². The third-order valence-corrected chi connectivity index (χ3v) is 4.24. The van der Waals surface area contributed by atoms with Gasteiger partial charge in [0, 0.05) is 23.0 Å². The van der Waals surface area contributed by atoms with E-state index in [1.54, 1.807) is 7.11 Å². The van der Waals surface area contributed by atoms with Crippen LogP contribution in [0.5, 0.6) is 11.5 Å². The number of nitrogens with one attached hydrogen (secondary N) is 2. The van der Waals surface area contributed by atoms with Crippen molar-refractivity contribution in [2.24, 2.45) is 0 Å². The zero-order valence-electron chi connectivity index (χ0n) is 15.4. The van der Waals surface area contributed by atoms with Crippen LogP contribution < -0.4 is 14.8 Å². The molecule has 1 heterocycles. The molecule has 0 aliphatic heterocycles. The highest BCUT2D eigenvalue weighted by Crippen LogP contribution is 2.29. The summed E-state index contributed by atoms with van der Waals surface area (Å²) in [7, 11) is 1.62. The monoisotopic (exact) mass is 352 g/mol. The lowest BCUT2D eigenvalue weighted by Crippen LogP contribution is -2.12. The van der Waals surface area contributed by atoms with E-state index in [1.165, 1.54) is 0 Å². The molecule has 3 aromatic rings. The van der Waals surface area contributed by atoms with E-state index in [0.29, 0.717) is 25.2 Å². The molecule has 0 saturated heterocycles. The van der Waals surface area contributed by atoms with Gasteiger partial charge in [0.2, 0.25) is 5.91 Å². The van der Waals surface area contributed by atoms with Crippen molar-refractivity contribution in [1.29, 1.82) is 0 Å². The summed E-state index contributed by atoms with van der Waals surface area (Å²) >= 11 is 0. The number of aromatic nitrogens is 1. The Morgan fingerprint density at radius 2 is 2.00 bits per heavy atom. The van der Waals surface area contributed by atoms with Gasteiger partial charge in [-0.1, -0.05) is 12.1 Å². The molecule has 0 radical (unpaired) electrons. The smallest absolute Gasteiger partial charge is 0.224 e. The van der Waals surface area contributed by atoms with Gasteiger partial charge >= 0.3 is 0 Å². The molecular formula is C21H24N2O3. The highest BCUT2D eigenvalue weighted by molar-refractivity contribution is 6.01. The Labute approximate surface area is 153 Å². The van der Waals surface area contributed by atoms with E-state index in [0.717, 1.165) is 33.6 Å². The maximum absolute atomic E-state index is 12.4. The molecule has 0 spiro atoms. The highest BCUT2D eigenvalue weighted by atomic mass is 16.5. The molecule has 3 rings (SSSR count). The van der Waals surface area contributed by atoms with E-state index < -0.39 is 0 Å². The first-order valence-corrected chi connectivity index (χ1v) is 8.78. The van der Waals surface area contributed by atoms with E-state index in [1.807, 2.05) is 56.3 Å². The number of hydrogen-bond donors (Lipinski definition) is 2. The molecule has 26 heavy (non-hydrogen) atoms. The van der Waals surface area contributed by atoms with E-state index >= 15 is 0 Å². The maximum Gasteiger partial charge on any atom is 0.224 e. The van der Waals surface area contributed by atoms with Crippen LogP contribution in [0.4, 0.5) is 5.69 Å². The van der Waals surface area contributed by atoms with Crippen molar-refractivity contribution in [2.45, 2.75) is 26.7 Å². The number of benzene rings is 2. The number of aryl methyl sites for hydroxylation is 2. The van der Waals surface area contributed by atoms with Gasteiger partial charge in [0.15, 0.2) is 11.5 Å². The van der Waals surface area contributed by atoms with Crippen LogP contribution in [0.15, 0.2) is 42.5 Å². The summed E-state index contributed by atoms with van der Waals surface area (Å²) < 4.78 is 10.9. The number of ether oxygens (including phenoxy) is 2. The van der Waals surface area contributed by atoms with Crippen molar-refractivity contribution in [3.8, 4) is 11.5 Å². The van der Waals surface area contributed by atoms with Gasteiger partial charge in [-0.05, 0) is 56.2 Å². The molecule has 0 atom stereocenters. The van der Waals surface area contributed by atoms with Crippen molar-refractivity contribution in [3.63, 3.8) is 0 Å². The molecule has 136 valence electrons. The number of carbonyl (C=O) groups is 1. The maximum atomic E-state index is 12.4. The predicted molar refractivity (Wildman–Crippen MR) is 104 cm³/mol. The standard InChI is InChI=1S/C21H24N2O3/c1-4-26-19-10-8-15(13-20(19)25-3)9-11-21(24)23-18-7-5-6-17-16(18)12-14(2)22-17/h5-8,10,12-13,22H,4,9,11H2,1-3H3,(H,23,24). The Balaban J connectivity index is 1.65. The lowest BCUT2D eigenvalue weighted by molar-refractivity contribution is -0.116. The first-order valence-electron chi connectivity index (χ1n) is 8.78. The Morgan fingerprint density at radius 1 is 1.15 bits per heavy atom. The van der Waals surface area contributed by atoms with Crippen LogP contribution in [0, 0.1) is 6.92 Å². The first-order chi connectivity index (χ1) is 12.6. The number of H-pyrrole nitrogens is 1. The van der Waals surface area contributed by atoms with Crippen LogP contribution in [-0.2, 0) is 11.2 Å². The third kappa shape index (κ3) is 3.99. The van der Waals surface area contributed by atoms with Gasteiger partial charge in [-0.25, -0.2) is 0 Å². The molecule has 0 unspecified atom stereocenters. The average molecular weight is 352 g/mol. The van der Waals surface area contributed by atoms with Crippen molar-refractivity contribution in [3.05, 3.63) is 53.7 Å². The number of carbonyl (C=O) groups excluding carboxylic acids is 1. The Hall–Kier alpha value is -2.95. The van der Waals surface area contributed by atoms with Crippen molar-refractivity contribution >= 4 is 22.5 Å². The Bertz CT molecular complexity index is 915. The first kappa shape index (κ1) is 17.9. The quantitative estimate of drug-likeness (QED) is 0.660. The lowest BCUT2D eigenvalue weighted by atomic mass is 10.1. The second kappa shape index (κ2) is 7.95. The van der Waals surface area contributed by atoms with E-state index in [4.69, 9.17) is 9.47 Å². The minimum absolute atomic E-state index is 0.01000. The van der Waals surface area contributed by atoms with Gasteiger partial charge in [0.05, 0.1) is 19.4 Å². The lowest BCUT2D eigenvalue weighted by Gasteiger charge is -2.11. The summed E-state index contributed by atoms with van der Waals surface area (Å²) in [6, 6.07) is 13.7. The molecule has 0 aliphatic carbocycles. The van der Waals surface area contributed by atoms with Gasteiger partial charge in [-0.15, -0.1) is 0 Å². The molecule has 2 aromatic carbocycles. The molecule has 2 N–H and O–H groups in total. The fourth-order valence-corrected chi connectivity index (χ4v) is 3.02. The van der Waals surface area contributed by atoms with Crippen LogP contribution in [0.1, 0.15) is 24.6 Å². The highest BCUT2D eigenvalue weighted by Gasteiger charge is 2.10. The van der Waals surface area contributed by atoms with Crippen LogP contribution in [0.25, 0.3) is 10.9 Å². The number of hydrogen-bond acceptors (Lipinski definition) is 3. The van der Waals surface area contributed by atoms with Crippen LogP contribution in [-0.4, -0.2) is 24.6 Å². The summed E-state index contributed by atoms with van der Waals surface area (Å²) in [5.41, 5.74) is 3.97. The number of fused-ring (bicyclic) bond motifs is 1. The number of aromatic amines is 1. The zero-order valence-corrected chi connectivity index (χ0v) is 15.4. The molecule has 0 saturated carbocycles. The van der Waals surface area contributed by atoms with Crippen molar-refractivity contribution in [2.75, 3.05) is 19.0 Å². The Morgan fingerprint density at radius 3 is 2.77 bits per heavy atom. The molecule has 5 nitrogen and oxygen atoms in total. The number of anilines is 1. The topological polar surface area (TPSA) is 63.3 Å². The van der Waals surface area contributed by atoms with E-state index in [2.05, 4.69) is 10.3 Å². The van der Waals surface area contributed by atoms with E-state index in [9.17, 15) is 4.79 Å². The zero-order chi connectivity index (χ0) is 18.5. The van der Waals surface area contributed by atoms with E-state index in [-0.39, 0.29) is 5.91 Å². The molecule has 1 aromatic heterocycles. The molecule has 0 fully saturated rings. The van der Waals surface area contributed by atoms with Crippen molar-refractivity contribution < 1.29 is 14.3 Å². The normalized spacial score (nSPS) is 10.7. The molecule has 1 amide bonds. The van der Waals surface area contributed by atoms with Gasteiger partial charge in [-0.3, -0.25) is 4.79 Å². The average Bonchev–Trinajstić information content (AvgIpc) is 3.02. The SMILES string of the molecule is CCOc1ccc(CCC(=O)Nc2cccc3[nH]c(C)cc23)cc1OC. The summed E-state index contributed by atoms with van der Waals surface area (Å²) in [4.78, 5) is 15.7.